The first-order valence-electron chi connectivity index (χ1n) is 9.41. The second-order valence-electron chi connectivity index (χ2n) is 6.56. The molecule has 0 aliphatic rings. The normalized spacial score (nSPS) is 11.8. The average molecular weight is 362 g/mol. The smallest absolute Gasteiger partial charge is 0.162 e. The van der Waals surface area contributed by atoms with Crippen LogP contribution < -0.4 is 9.47 Å². The highest BCUT2D eigenvalue weighted by Gasteiger charge is 2.12. The van der Waals surface area contributed by atoms with Crippen molar-refractivity contribution in [1.29, 1.82) is 0 Å². The highest BCUT2D eigenvalue weighted by Crippen LogP contribution is 2.33. The summed E-state index contributed by atoms with van der Waals surface area (Å²) in [6.45, 7) is 2.99. The molecule has 0 unspecified atom stereocenters. The molecule has 0 spiro atoms. The van der Waals surface area contributed by atoms with Crippen molar-refractivity contribution in [3.63, 3.8) is 0 Å². The Balaban J connectivity index is 1.77. The molecular weight excluding hydrogens is 336 g/mol. The van der Waals surface area contributed by atoms with Crippen molar-refractivity contribution in [2.75, 3.05) is 0 Å². The van der Waals surface area contributed by atoms with Gasteiger partial charge in [0.25, 0.3) is 0 Å². The zero-order chi connectivity index (χ0) is 18.9. The van der Waals surface area contributed by atoms with Crippen molar-refractivity contribution in [1.82, 2.24) is 0 Å². The molecule has 0 fully saturated rings. The highest BCUT2D eigenvalue weighted by molar-refractivity contribution is 5.44. The van der Waals surface area contributed by atoms with Gasteiger partial charge < -0.3 is 14.6 Å². The van der Waals surface area contributed by atoms with Crippen LogP contribution in [0.5, 0.6) is 11.5 Å². The monoisotopic (exact) mass is 362 g/mol. The van der Waals surface area contributed by atoms with Gasteiger partial charge in [-0.05, 0) is 35.2 Å². The molecule has 140 valence electrons. The number of hydrogen-bond acceptors (Lipinski definition) is 3. The first-order valence-corrected chi connectivity index (χ1v) is 9.41. The summed E-state index contributed by atoms with van der Waals surface area (Å²) in [5.41, 5.74) is 3.04. The Hall–Kier alpha value is -2.78. The predicted molar refractivity (Wildman–Crippen MR) is 108 cm³/mol. The van der Waals surface area contributed by atoms with Crippen molar-refractivity contribution in [2.24, 2.45) is 0 Å². The summed E-state index contributed by atoms with van der Waals surface area (Å²) in [5, 5.41) is 10.3. The van der Waals surface area contributed by atoms with Gasteiger partial charge in [0.15, 0.2) is 11.5 Å². The fourth-order valence-corrected chi connectivity index (χ4v) is 2.87. The Morgan fingerprint density at radius 1 is 0.741 bits per heavy atom. The summed E-state index contributed by atoms with van der Waals surface area (Å²) in [7, 11) is 0. The van der Waals surface area contributed by atoms with E-state index >= 15 is 0 Å². The lowest BCUT2D eigenvalue weighted by Crippen LogP contribution is -2.03. The van der Waals surface area contributed by atoms with Crippen LogP contribution in [0.15, 0.2) is 78.9 Å². The van der Waals surface area contributed by atoms with Crippen LogP contribution in [0.2, 0.25) is 0 Å². The van der Waals surface area contributed by atoms with Gasteiger partial charge in [0.05, 0.1) is 6.10 Å². The van der Waals surface area contributed by atoms with Gasteiger partial charge >= 0.3 is 0 Å². The number of hydrogen-bond donors (Lipinski definition) is 1. The summed E-state index contributed by atoms with van der Waals surface area (Å²) in [6.07, 6.45) is 1.16. The topological polar surface area (TPSA) is 38.7 Å². The summed E-state index contributed by atoms with van der Waals surface area (Å²) in [6, 6.07) is 25.8. The van der Waals surface area contributed by atoms with Crippen LogP contribution in [-0.4, -0.2) is 5.11 Å². The third-order valence-electron chi connectivity index (χ3n) is 4.39. The molecule has 3 rings (SSSR count). The Morgan fingerprint density at radius 2 is 1.30 bits per heavy atom. The van der Waals surface area contributed by atoms with E-state index < -0.39 is 6.10 Å². The van der Waals surface area contributed by atoms with Gasteiger partial charge in [-0.3, -0.25) is 0 Å². The van der Waals surface area contributed by atoms with E-state index in [1.165, 1.54) is 0 Å². The maximum atomic E-state index is 10.3. The number of aliphatic hydroxyl groups excluding tert-OH is 1. The fourth-order valence-electron chi connectivity index (χ4n) is 2.87. The molecule has 1 atom stereocenters. The Morgan fingerprint density at radius 3 is 1.85 bits per heavy atom. The van der Waals surface area contributed by atoms with Gasteiger partial charge in [-0.2, -0.15) is 0 Å². The molecule has 0 amide bonds. The number of rotatable bonds is 9. The Labute approximate surface area is 161 Å². The number of aliphatic hydroxyl groups is 1. The zero-order valence-electron chi connectivity index (χ0n) is 15.7. The van der Waals surface area contributed by atoms with E-state index in [0.717, 1.165) is 29.5 Å². The molecule has 3 aromatic rings. The van der Waals surface area contributed by atoms with E-state index in [4.69, 9.17) is 9.47 Å². The van der Waals surface area contributed by atoms with Gasteiger partial charge in [0.1, 0.15) is 13.2 Å². The lowest BCUT2D eigenvalue weighted by molar-refractivity contribution is 0.165. The predicted octanol–water partition coefficient (Wildman–Crippen LogP) is 5.68. The van der Waals surface area contributed by atoms with E-state index in [1.807, 2.05) is 78.9 Å². The Kier molecular flexibility index (Phi) is 6.89. The fraction of sp³-hybridized carbons (Fsp3) is 0.250. The van der Waals surface area contributed by atoms with E-state index in [0.29, 0.717) is 24.7 Å². The van der Waals surface area contributed by atoms with E-state index in [9.17, 15) is 5.11 Å². The lowest BCUT2D eigenvalue weighted by Gasteiger charge is -2.16. The molecule has 0 aliphatic heterocycles. The second-order valence-corrected chi connectivity index (χ2v) is 6.56. The average Bonchev–Trinajstić information content (AvgIpc) is 2.72. The van der Waals surface area contributed by atoms with E-state index in [1.54, 1.807) is 0 Å². The SMILES string of the molecule is CCC[C@H](O)c1ccc(OCc2ccccc2)c(OCc2ccccc2)c1. The minimum absolute atomic E-state index is 0.454. The largest absolute Gasteiger partial charge is 0.485 e. The number of benzene rings is 3. The molecule has 0 aliphatic carbocycles. The van der Waals surface area contributed by atoms with Gasteiger partial charge in [0, 0.05) is 0 Å². The quantitative estimate of drug-likeness (QED) is 0.532. The van der Waals surface area contributed by atoms with Crippen LogP contribution in [0.1, 0.15) is 42.6 Å². The molecule has 0 radical (unpaired) electrons. The molecule has 0 bridgehead atoms. The van der Waals surface area contributed by atoms with Crippen LogP contribution in [-0.2, 0) is 13.2 Å². The van der Waals surface area contributed by atoms with Gasteiger partial charge in [-0.25, -0.2) is 0 Å². The molecule has 0 saturated carbocycles. The molecular formula is C24H26O3. The highest BCUT2D eigenvalue weighted by atomic mass is 16.5. The second kappa shape index (κ2) is 9.79. The molecule has 1 N–H and O–H groups in total. The summed E-state index contributed by atoms with van der Waals surface area (Å²) >= 11 is 0. The van der Waals surface area contributed by atoms with E-state index in [-0.39, 0.29) is 0 Å². The lowest BCUT2D eigenvalue weighted by atomic mass is 10.0. The standard InChI is InChI=1S/C24H26O3/c1-2-9-22(25)21-14-15-23(26-17-19-10-5-3-6-11-19)24(16-21)27-18-20-12-7-4-8-13-20/h3-8,10-16,22,25H,2,9,17-18H2,1H3/t22-/m0/s1. The van der Waals surface area contributed by atoms with Crippen molar-refractivity contribution in [2.45, 2.75) is 39.1 Å². The van der Waals surface area contributed by atoms with E-state index in [2.05, 4.69) is 6.92 Å². The molecule has 0 heterocycles. The van der Waals surface area contributed by atoms with Crippen molar-refractivity contribution >= 4 is 0 Å². The summed E-state index contributed by atoms with van der Waals surface area (Å²) in [5.74, 6) is 1.34. The minimum atomic E-state index is -0.489. The molecule has 3 heteroatoms. The van der Waals surface area contributed by atoms with Gasteiger partial charge in [-0.1, -0.05) is 80.1 Å². The first-order chi connectivity index (χ1) is 13.3. The maximum Gasteiger partial charge on any atom is 0.162 e. The summed E-state index contributed by atoms with van der Waals surface area (Å²) < 4.78 is 12.0. The van der Waals surface area contributed by atoms with Crippen molar-refractivity contribution in [3.05, 3.63) is 95.6 Å². The van der Waals surface area contributed by atoms with Crippen LogP contribution >= 0.6 is 0 Å². The third-order valence-corrected chi connectivity index (χ3v) is 4.39. The molecule has 27 heavy (non-hydrogen) atoms. The van der Waals surface area contributed by atoms with Crippen LogP contribution in [0.4, 0.5) is 0 Å². The summed E-state index contributed by atoms with van der Waals surface area (Å²) in [4.78, 5) is 0. The van der Waals surface area contributed by atoms with Crippen molar-refractivity contribution < 1.29 is 14.6 Å². The Bertz CT molecular complexity index is 816. The molecule has 3 nitrogen and oxygen atoms in total. The maximum absolute atomic E-state index is 10.3. The van der Waals surface area contributed by atoms with Crippen LogP contribution in [0.3, 0.4) is 0 Å². The molecule has 0 aromatic heterocycles. The van der Waals surface area contributed by atoms with Gasteiger partial charge in [-0.15, -0.1) is 0 Å². The first kappa shape index (κ1) is 19.0. The van der Waals surface area contributed by atoms with Crippen LogP contribution in [0.25, 0.3) is 0 Å². The minimum Gasteiger partial charge on any atom is -0.485 e. The third kappa shape index (κ3) is 5.60. The zero-order valence-corrected chi connectivity index (χ0v) is 15.7. The van der Waals surface area contributed by atoms with Gasteiger partial charge in [0.2, 0.25) is 0 Å². The van der Waals surface area contributed by atoms with Crippen LogP contribution in [0, 0.1) is 0 Å². The molecule has 3 aromatic carbocycles. The van der Waals surface area contributed by atoms with Crippen molar-refractivity contribution in [3.8, 4) is 11.5 Å². The number of ether oxygens (including phenoxy) is 2. The molecule has 0 saturated heterocycles.